The second-order valence-electron chi connectivity index (χ2n) is 10.1. The summed E-state index contributed by atoms with van der Waals surface area (Å²) < 4.78 is 0. The lowest BCUT2D eigenvalue weighted by Crippen LogP contribution is -2.59. The summed E-state index contributed by atoms with van der Waals surface area (Å²) in [6.07, 6.45) is 8.83. The molecule has 1 heterocycles. The first-order chi connectivity index (χ1) is 12.4. The Hall–Kier alpha value is -1.10. The SMILES string of the molecule is CC(C)C(NC(=O)C12CC3CC(CC(C3)C1)C2)C(=O)N1CCC(N)CC1. The van der Waals surface area contributed by atoms with E-state index in [0.717, 1.165) is 62.9 Å². The van der Waals surface area contributed by atoms with Crippen molar-refractivity contribution in [2.24, 2.45) is 34.8 Å². The monoisotopic (exact) mass is 361 g/mol. The molecule has 0 aromatic rings. The van der Waals surface area contributed by atoms with E-state index in [1.165, 1.54) is 19.3 Å². The summed E-state index contributed by atoms with van der Waals surface area (Å²) in [7, 11) is 0. The minimum atomic E-state index is -0.398. The van der Waals surface area contributed by atoms with E-state index in [9.17, 15) is 9.59 Å². The molecule has 5 nitrogen and oxygen atoms in total. The van der Waals surface area contributed by atoms with Gasteiger partial charge in [-0.3, -0.25) is 9.59 Å². The predicted octanol–water partition coefficient (Wildman–Crippen LogP) is 2.29. The summed E-state index contributed by atoms with van der Waals surface area (Å²) in [5.74, 6) is 2.58. The van der Waals surface area contributed by atoms with Gasteiger partial charge in [0.1, 0.15) is 6.04 Å². The van der Waals surface area contributed by atoms with Crippen LogP contribution < -0.4 is 11.1 Å². The molecule has 1 atom stereocenters. The third kappa shape index (κ3) is 3.28. The molecule has 2 amide bonds. The van der Waals surface area contributed by atoms with E-state index in [4.69, 9.17) is 5.73 Å². The number of hydrogen-bond donors (Lipinski definition) is 2. The zero-order valence-electron chi connectivity index (χ0n) is 16.4. The van der Waals surface area contributed by atoms with E-state index in [-0.39, 0.29) is 29.2 Å². The summed E-state index contributed by atoms with van der Waals surface area (Å²) >= 11 is 0. The summed E-state index contributed by atoms with van der Waals surface area (Å²) in [5.41, 5.74) is 5.79. The number of piperidine rings is 1. The van der Waals surface area contributed by atoms with E-state index < -0.39 is 6.04 Å². The van der Waals surface area contributed by atoms with Crippen molar-refractivity contribution in [3.05, 3.63) is 0 Å². The van der Waals surface area contributed by atoms with Crippen LogP contribution in [0.2, 0.25) is 0 Å². The van der Waals surface area contributed by atoms with Crippen LogP contribution in [0.5, 0.6) is 0 Å². The molecule has 5 aliphatic rings. The molecule has 5 heteroatoms. The molecule has 1 aliphatic heterocycles. The Morgan fingerprint density at radius 3 is 1.96 bits per heavy atom. The largest absolute Gasteiger partial charge is 0.344 e. The van der Waals surface area contributed by atoms with Crippen LogP contribution in [0, 0.1) is 29.1 Å². The first kappa shape index (κ1) is 18.3. The molecule has 0 aromatic heterocycles. The lowest BCUT2D eigenvalue weighted by Gasteiger charge is -2.56. The Kier molecular flexibility index (Phi) is 4.79. The van der Waals surface area contributed by atoms with Gasteiger partial charge in [-0.15, -0.1) is 0 Å². The van der Waals surface area contributed by atoms with Gasteiger partial charge in [0.15, 0.2) is 0 Å². The van der Waals surface area contributed by atoms with Crippen LogP contribution in [0.15, 0.2) is 0 Å². The van der Waals surface area contributed by atoms with E-state index in [1.54, 1.807) is 0 Å². The van der Waals surface area contributed by atoms with Crippen molar-refractivity contribution in [3.8, 4) is 0 Å². The minimum Gasteiger partial charge on any atom is -0.344 e. The van der Waals surface area contributed by atoms with Crippen LogP contribution in [0.3, 0.4) is 0 Å². The number of nitrogens with two attached hydrogens (primary N) is 1. The van der Waals surface area contributed by atoms with Crippen molar-refractivity contribution in [1.29, 1.82) is 0 Å². The molecule has 4 saturated carbocycles. The lowest BCUT2D eigenvalue weighted by molar-refractivity contribution is -0.150. The number of rotatable bonds is 4. The topological polar surface area (TPSA) is 75.4 Å². The van der Waals surface area contributed by atoms with Crippen molar-refractivity contribution in [3.63, 3.8) is 0 Å². The number of amides is 2. The van der Waals surface area contributed by atoms with Crippen molar-refractivity contribution >= 4 is 11.8 Å². The van der Waals surface area contributed by atoms with Gasteiger partial charge in [-0.25, -0.2) is 0 Å². The summed E-state index contributed by atoms with van der Waals surface area (Å²) in [5, 5.41) is 3.22. The molecule has 4 bridgehead atoms. The molecule has 4 aliphatic carbocycles. The van der Waals surface area contributed by atoms with Crippen LogP contribution in [-0.2, 0) is 9.59 Å². The molecular formula is C21H35N3O2. The molecule has 0 aromatic carbocycles. The Morgan fingerprint density at radius 1 is 1.00 bits per heavy atom. The quantitative estimate of drug-likeness (QED) is 0.807. The summed E-state index contributed by atoms with van der Waals surface area (Å²) in [6, 6.07) is -0.192. The fraction of sp³-hybridized carbons (Fsp3) is 0.905. The standard InChI is InChI=1S/C21H35N3O2/c1-13(2)18(19(25)24-5-3-17(22)4-6-24)23-20(26)21-10-14-7-15(11-21)9-16(8-14)12-21/h13-18H,3-12,22H2,1-2H3,(H,23,26). The van der Waals surface area contributed by atoms with Crippen LogP contribution in [-0.4, -0.2) is 41.9 Å². The maximum Gasteiger partial charge on any atom is 0.245 e. The minimum absolute atomic E-state index is 0.0879. The molecule has 5 rings (SSSR count). The first-order valence-corrected chi connectivity index (χ1v) is 10.7. The summed E-state index contributed by atoms with van der Waals surface area (Å²) in [6.45, 7) is 5.52. The van der Waals surface area contributed by atoms with Crippen LogP contribution in [0.4, 0.5) is 0 Å². The number of nitrogens with one attached hydrogen (secondary N) is 1. The highest BCUT2D eigenvalue weighted by Crippen LogP contribution is 2.60. The van der Waals surface area contributed by atoms with Crippen LogP contribution in [0.25, 0.3) is 0 Å². The van der Waals surface area contributed by atoms with E-state index in [1.807, 2.05) is 18.7 Å². The van der Waals surface area contributed by atoms with Gasteiger partial charge >= 0.3 is 0 Å². The van der Waals surface area contributed by atoms with Crippen LogP contribution in [0.1, 0.15) is 65.2 Å². The molecule has 146 valence electrons. The van der Waals surface area contributed by atoms with Gasteiger partial charge in [0, 0.05) is 24.5 Å². The number of hydrogen-bond acceptors (Lipinski definition) is 3. The fourth-order valence-electron chi connectivity index (χ4n) is 6.51. The van der Waals surface area contributed by atoms with E-state index >= 15 is 0 Å². The van der Waals surface area contributed by atoms with Crippen molar-refractivity contribution in [2.45, 2.75) is 77.3 Å². The van der Waals surface area contributed by atoms with Crippen LogP contribution >= 0.6 is 0 Å². The lowest BCUT2D eigenvalue weighted by atomic mass is 9.49. The second-order valence-corrected chi connectivity index (χ2v) is 10.1. The predicted molar refractivity (Wildman–Crippen MR) is 101 cm³/mol. The highest BCUT2D eigenvalue weighted by Gasteiger charge is 2.55. The van der Waals surface area contributed by atoms with Gasteiger partial charge in [-0.2, -0.15) is 0 Å². The molecule has 0 radical (unpaired) electrons. The Bertz CT molecular complexity index is 530. The molecule has 26 heavy (non-hydrogen) atoms. The Morgan fingerprint density at radius 2 is 1.50 bits per heavy atom. The number of nitrogens with zero attached hydrogens (tertiary/aromatic N) is 1. The third-order valence-electron chi connectivity index (χ3n) is 7.59. The molecular weight excluding hydrogens is 326 g/mol. The van der Waals surface area contributed by atoms with Crippen molar-refractivity contribution in [1.82, 2.24) is 10.2 Å². The number of carbonyl (C=O) groups excluding carboxylic acids is 2. The summed E-state index contributed by atoms with van der Waals surface area (Å²) in [4.78, 5) is 28.3. The van der Waals surface area contributed by atoms with Gasteiger partial charge in [0.25, 0.3) is 0 Å². The van der Waals surface area contributed by atoms with Gasteiger partial charge in [0.05, 0.1) is 0 Å². The third-order valence-corrected chi connectivity index (χ3v) is 7.59. The second kappa shape index (κ2) is 6.81. The number of carbonyl (C=O) groups is 2. The average Bonchev–Trinajstić information content (AvgIpc) is 2.58. The Labute approximate surface area is 157 Å². The van der Waals surface area contributed by atoms with Gasteiger partial charge in [0.2, 0.25) is 11.8 Å². The van der Waals surface area contributed by atoms with E-state index in [2.05, 4.69) is 5.32 Å². The van der Waals surface area contributed by atoms with Gasteiger partial charge < -0.3 is 16.0 Å². The zero-order valence-corrected chi connectivity index (χ0v) is 16.4. The molecule has 3 N–H and O–H groups in total. The molecule has 5 fully saturated rings. The zero-order chi connectivity index (χ0) is 18.5. The Balaban J connectivity index is 1.45. The average molecular weight is 362 g/mol. The molecule has 1 unspecified atom stereocenters. The number of likely N-dealkylation sites (tertiary alicyclic amines) is 1. The smallest absolute Gasteiger partial charge is 0.245 e. The molecule has 1 saturated heterocycles. The fourth-order valence-corrected chi connectivity index (χ4v) is 6.51. The highest BCUT2D eigenvalue weighted by molar-refractivity contribution is 5.90. The van der Waals surface area contributed by atoms with Crippen molar-refractivity contribution in [2.75, 3.05) is 13.1 Å². The van der Waals surface area contributed by atoms with Crippen molar-refractivity contribution < 1.29 is 9.59 Å². The van der Waals surface area contributed by atoms with Gasteiger partial charge in [-0.05, 0) is 75.0 Å². The normalized spacial score (nSPS) is 37.8. The maximum absolute atomic E-state index is 13.3. The van der Waals surface area contributed by atoms with Gasteiger partial charge in [-0.1, -0.05) is 13.8 Å². The highest BCUT2D eigenvalue weighted by atomic mass is 16.2. The molecule has 0 spiro atoms. The maximum atomic E-state index is 13.3. The first-order valence-electron chi connectivity index (χ1n) is 10.7. The van der Waals surface area contributed by atoms with E-state index in [0.29, 0.717) is 0 Å².